The van der Waals surface area contributed by atoms with Crippen molar-refractivity contribution in [3.8, 4) is 0 Å². The van der Waals surface area contributed by atoms with Gasteiger partial charge >= 0.3 is 0 Å². The number of carbonyl (C=O) groups is 1. The first-order chi connectivity index (χ1) is 12.0. The minimum absolute atomic E-state index is 0.311. The summed E-state index contributed by atoms with van der Waals surface area (Å²) in [6.45, 7) is 8.40. The molecule has 2 aliphatic heterocycles. The zero-order valence-corrected chi connectivity index (χ0v) is 15.9. The Morgan fingerprint density at radius 2 is 1.92 bits per heavy atom. The standard InChI is InChI=1S/C19H31N5O/c1-15-14-20-16(2)19(21-15)24-12-10-23(11-13-24)18(25)8-7-17-6-4-5-9-22(17)3/h14,17H,4-13H2,1-3H3/t17-/m1/s1. The zero-order chi connectivity index (χ0) is 17.8. The van der Waals surface area contributed by atoms with Crippen LogP contribution in [0.3, 0.4) is 0 Å². The highest BCUT2D eigenvalue weighted by Gasteiger charge is 2.25. The molecule has 6 heteroatoms. The Hall–Kier alpha value is -1.69. The number of nitrogens with zero attached hydrogens (tertiary/aromatic N) is 5. The van der Waals surface area contributed by atoms with Crippen molar-refractivity contribution in [2.75, 3.05) is 44.7 Å². The number of aromatic nitrogens is 2. The van der Waals surface area contributed by atoms with Gasteiger partial charge in [0.15, 0.2) is 0 Å². The molecular weight excluding hydrogens is 314 g/mol. The molecule has 0 unspecified atom stereocenters. The van der Waals surface area contributed by atoms with E-state index in [1.54, 1.807) is 6.20 Å². The molecule has 0 N–H and O–H groups in total. The number of anilines is 1. The third-order valence-electron chi connectivity index (χ3n) is 5.60. The van der Waals surface area contributed by atoms with Crippen molar-refractivity contribution >= 4 is 11.7 Å². The number of rotatable bonds is 4. The van der Waals surface area contributed by atoms with E-state index in [1.165, 1.54) is 25.8 Å². The van der Waals surface area contributed by atoms with Crippen LogP contribution in [0.25, 0.3) is 0 Å². The van der Waals surface area contributed by atoms with Crippen LogP contribution in [-0.4, -0.2) is 71.5 Å². The topological polar surface area (TPSA) is 52.6 Å². The van der Waals surface area contributed by atoms with Crippen molar-refractivity contribution in [3.05, 3.63) is 17.6 Å². The molecule has 0 spiro atoms. The van der Waals surface area contributed by atoms with Crippen molar-refractivity contribution in [3.63, 3.8) is 0 Å². The van der Waals surface area contributed by atoms with Crippen LogP contribution in [0.5, 0.6) is 0 Å². The zero-order valence-electron chi connectivity index (χ0n) is 15.9. The van der Waals surface area contributed by atoms with Gasteiger partial charge in [0.2, 0.25) is 5.91 Å². The summed E-state index contributed by atoms with van der Waals surface area (Å²) in [5.41, 5.74) is 1.90. The van der Waals surface area contributed by atoms with Gasteiger partial charge in [-0.3, -0.25) is 9.78 Å². The lowest BCUT2D eigenvalue weighted by atomic mass is 9.98. The lowest BCUT2D eigenvalue weighted by Gasteiger charge is -2.37. The molecule has 25 heavy (non-hydrogen) atoms. The Morgan fingerprint density at radius 1 is 1.16 bits per heavy atom. The summed E-state index contributed by atoms with van der Waals surface area (Å²) in [6.07, 6.45) is 7.32. The number of hydrogen-bond acceptors (Lipinski definition) is 5. The number of amides is 1. The number of piperidine rings is 1. The van der Waals surface area contributed by atoms with E-state index in [-0.39, 0.29) is 0 Å². The Bertz CT molecular complexity index is 597. The molecule has 1 aromatic heterocycles. The van der Waals surface area contributed by atoms with Gasteiger partial charge in [0, 0.05) is 44.8 Å². The fourth-order valence-electron chi connectivity index (χ4n) is 3.95. The second-order valence-corrected chi connectivity index (χ2v) is 7.46. The molecule has 2 saturated heterocycles. The van der Waals surface area contributed by atoms with Crippen molar-refractivity contribution in [1.29, 1.82) is 0 Å². The van der Waals surface area contributed by atoms with Gasteiger partial charge in [-0.15, -0.1) is 0 Å². The number of likely N-dealkylation sites (tertiary alicyclic amines) is 1. The molecule has 0 aliphatic carbocycles. The smallest absolute Gasteiger partial charge is 0.222 e. The second kappa shape index (κ2) is 8.13. The van der Waals surface area contributed by atoms with Gasteiger partial charge in [-0.2, -0.15) is 0 Å². The average Bonchev–Trinajstić information content (AvgIpc) is 2.63. The van der Waals surface area contributed by atoms with Crippen LogP contribution in [-0.2, 0) is 4.79 Å². The van der Waals surface area contributed by atoms with Gasteiger partial charge in [0.05, 0.1) is 11.4 Å². The predicted octanol–water partition coefficient (Wildman–Crippen LogP) is 2.01. The van der Waals surface area contributed by atoms with Crippen molar-refractivity contribution in [1.82, 2.24) is 19.8 Å². The SMILES string of the molecule is Cc1cnc(C)c(N2CCN(C(=O)CC[C@H]3CCCCN3C)CC2)n1. The van der Waals surface area contributed by atoms with Crippen LogP contribution in [0.1, 0.15) is 43.5 Å². The molecule has 3 rings (SSSR count). The monoisotopic (exact) mass is 345 g/mol. The summed E-state index contributed by atoms with van der Waals surface area (Å²) < 4.78 is 0. The molecule has 2 aliphatic rings. The number of carbonyl (C=O) groups excluding carboxylic acids is 1. The quantitative estimate of drug-likeness (QED) is 0.835. The van der Waals surface area contributed by atoms with E-state index in [2.05, 4.69) is 26.8 Å². The molecule has 0 aromatic carbocycles. The van der Waals surface area contributed by atoms with E-state index in [4.69, 9.17) is 0 Å². The summed E-state index contributed by atoms with van der Waals surface area (Å²) in [5.74, 6) is 1.28. The molecule has 6 nitrogen and oxygen atoms in total. The van der Waals surface area contributed by atoms with Crippen molar-refractivity contribution in [2.45, 2.75) is 52.0 Å². The average molecular weight is 345 g/mol. The molecule has 3 heterocycles. The van der Waals surface area contributed by atoms with Crippen LogP contribution < -0.4 is 4.90 Å². The molecule has 138 valence electrons. The van der Waals surface area contributed by atoms with Gasteiger partial charge in [-0.25, -0.2) is 4.98 Å². The van der Waals surface area contributed by atoms with Gasteiger partial charge in [0.1, 0.15) is 5.82 Å². The first-order valence-corrected chi connectivity index (χ1v) is 9.58. The Balaban J connectivity index is 1.48. The Morgan fingerprint density at radius 3 is 2.64 bits per heavy atom. The number of aryl methyl sites for hydroxylation is 2. The number of piperazine rings is 1. The lowest BCUT2D eigenvalue weighted by molar-refractivity contribution is -0.131. The molecule has 1 aromatic rings. The van der Waals surface area contributed by atoms with Gasteiger partial charge in [-0.1, -0.05) is 6.42 Å². The molecule has 0 radical (unpaired) electrons. The fraction of sp³-hybridized carbons (Fsp3) is 0.737. The van der Waals surface area contributed by atoms with E-state index < -0.39 is 0 Å². The Kier molecular flexibility index (Phi) is 5.89. The second-order valence-electron chi connectivity index (χ2n) is 7.46. The maximum Gasteiger partial charge on any atom is 0.222 e. The summed E-state index contributed by atoms with van der Waals surface area (Å²) in [7, 11) is 2.19. The predicted molar refractivity (Wildman–Crippen MR) is 99.8 cm³/mol. The van der Waals surface area contributed by atoms with E-state index in [9.17, 15) is 4.79 Å². The molecule has 0 bridgehead atoms. The summed E-state index contributed by atoms with van der Waals surface area (Å²) in [6, 6.07) is 0.587. The van der Waals surface area contributed by atoms with Crippen molar-refractivity contribution < 1.29 is 4.79 Å². The van der Waals surface area contributed by atoms with Crippen molar-refractivity contribution in [2.24, 2.45) is 0 Å². The first kappa shape index (κ1) is 18.1. The Labute approximate surface area is 151 Å². The normalized spacial score (nSPS) is 22.3. The molecule has 1 amide bonds. The highest BCUT2D eigenvalue weighted by atomic mass is 16.2. The van der Waals surface area contributed by atoms with Crippen LogP contribution in [0.2, 0.25) is 0 Å². The minimum atomic E-state index is 0.311. The molecule has 1 atom stereocenters. The van der Waals surface area contributed by atoms with Gasteiger partial charge < -0.3 is 14.7 Å². The summed E-state index contributed by atoms with van der Waals surface area (Å²) in [5, 5.41) is 0. The fourth-order valence-corrected chi connectivity index (χ4v) is 3.95. The van der Waals surface area contributed by atoms with E-state index in [0.717, 1.165) is 49.8 Å². The lowest BCUT2D eigenvalue weighted by Crippen LogP contribution is -2.49. The third kappa shape index (κ3) is 4.48. The molecular formula is C19H31N5O. The van der Waals surface area contributed by atoms with E-state index >= 15 is 0 Å². The van der Waals surface area contributed by atoms with E-state index in [0.29, 0.717) is 18.4 Å². The first-order valence-electron chi connectivity index (χ1n) is 9.58. The number of hydrogen-bond donors (Lipinski definition) is 0. The van der Waals surface area contributed by atoms with Gasteiger partial charge in [0.25, 0.3) is 0 Å². The van der Waals surface area contributed by atoms with Gasteiger partial charge in [-0.05, 0) is 46.7 Å². The maximum atomic E-state index is 12.6. The summed E-state index contributed by atoms with van der Waals surface area (Å²) in [4.78, 5) is 28.3. The summed E-state index contributed by atoms with van der Waals surface area (Å²) >= 11 is 0. The largest absolute Gasteiger partial charge is 0.352 e. The van der Waals surface area contributed by atoms with Crippen LogP contribution in [0.15, 0.2) is 6.20 Å². The minimum Gasteiger partial charge on any atom is -0.352 e. The maximum absolute atomic E-state index is 12.6. The van der Waals surface area contributed by atoms with Crippen LogP contribution in [0.4, 0.5) is 5.82 Å². The highest BCUT2D eigenvalue weighted by molar-refractivity contribution is 5.76. The highest BCUT2D eigenvalue weighted by Crippen LogP contribution is 2.21. The molecule has 0 saturated carbocycles. The van der Waals surface area contributed by atoms with Crippen LogP contribution in [0, 0.1) is 13.8 Å². The van der Waals surface area contributed by atoms with E-state index in [1.807, 2.05) is 18.7 Å². The molecule has 2 fully saturated rings. The van der Waals surface area contributed by atoms with Crippen LogP contribution >= 0.6 is 0 Å². The third-order valence-corrected chi connectivity index (χ3v) is 5.60.